The first-order valence-electron chi connectivity index (χ1n) is 15.8. The Bertz CT molecular complexity index is 2240. The lowest BCUT2D eigenvalue weighted by atomic mass is 10.0. The molecule has 0 unspecified atom stereocenters. The van der Waals surface area contributed by atoms with Gasteiger partial charge in [0.2, 0.25) is 17.6 Å². The Hall–Kier alpha value is -5.67. The Morgan fingerprint density at radius 3 is 2.62 bits per heavy atom. The topological polar surface area (TPSA) is 137 Å². The Balaban J connectivity index is 1.07. The number of hydrogen-bond donors (Lipinski definition) is 2. The maximum atomic E-state index is 15.5. The number of benzene rings is 1. The fourth-order valence-electron chi connectivity index (χ4n) is 6.21. The number of alkyl halides is 3. The lowest BCUT2D eigenvalue weighted by Gasteiger charge is -2.29. The number of aryl methyl sites for hydroxylation is 1. The van der Waals surface area contributed by atoms with Gasteiger partial charge in [0.1, 0.15) is 11.9 Å². The summed E-state index contributed by atoms with van der Waals surface area (Å²) in [7, 11) is 1.80. The summed E-state index contributed by atoms with van der Waals surface area (Å²) in [6.45, 7) is 3.22. The monoisotopic (exact) mass is 688 g/mol. The van der Waals surface area contributed by atoms with Gasteiger partial charge in [-0.15, -0.1) is 0 Å². The summed E-state index contributed by atoms with van der Waals surface area (Å²) in [6, 6.07) is 7.39. The van der Waals surface area contributed by atoms with E-state index < -0.39 is 46.9 Å². The number of imidazole rings is 1. The van der Waals surface area contributed by atoms with E-state index in [4.69, 9.17) is 0 Å². The summed E-state index contributed by atoms with van der Waals surface area (Å²) < 4.78 is 59.3. The molecule has 6 aromatic rings. The highest BCUT2D eigenvalue weighted by molar-refractivity contribution is 5.90. The maximum absolute atomic E-state index is 15.5. The maximum Gasteiger partial charge on any atom is 0.419 e. The number of carbonyl (C=O) groups is 2. The Morgan fingerprint density at radius 2 is 1.86 bits per heavy atom. The molecule has 0 aliphatic heterocycles. The van der Waals surface area contributed by atoms with Crippen molar-refractivity contribution >= 4 is 28.6 Å². The zero-order valence-electron chi connectivity index (χ0n) is 27.2. The van der Waals surface area contributed by atoms with Gasteiger partial charge in [0.25, 0.3) is 0 Å². The minimum absolute atomic E-state index is 0.0380. The third-order valence-electron chi connectivity index (χ3n) is 8.72. The molecule has 1 aliphatic rings. The molecule has 7 rings (SSSR count). The summed E-state index contributed by atoms with van der Waals surface area (Å²) in [4.78, 5) is 40.2. The van der Waals surface area contributed by atoms with E-state index in [9.17, 15) is 22.8 Å². The molecule has 5 heterocycles. The number of rotatable bonds is 10. The fourth-order valence-corrected chi connectivity index (χ4v) is 6.21. The summed E-state index contributed by atoms with van der Waals surface area (Å²) in [6.07, 6.45) is 5.80. The smallest absolute Gasteiger partial charge is 0.348 e. The van der Waals surface area contributed by atoms with Gasteiger partial charge in [-0.05, 0) is 55.5 Å². The number of fused-ring (bicyclic) bond motifs is 2. The average Bonchev–Trinajstić information content (AvgIpc) is 3.32. The molecule has 16 heteroatoms. The van der Waals surface area contributed by atoms with E-state index in [0.717, 1.165) is 28.0 Å². The van der Waals surface area contributed by atoms with Crippen molar-refractivity contribution in [3.8, 4) is 11.1 Å². The molecular formula is C34H32F4N10O2. The van der Waals surface area contributed by atoms with Gasteiger partial charge in [-0.25, -0.2) is 19.3 Å². The Labute approximate surface area is 282 Å². The molecule has 0 bridgehead atoms. The van der Waals surface area contributed by atoms with Crippen LogP contribution < -0.4 is 10.6 Å². The summed E-state index contributed by atoms with van der Waals surface area (Å²) in [5, 5.41) is 14.6. The van der Waals surface area contributed by atoms with E-state index >= 15 is 4.39 Å². The molecule has 0 saturated heterocycles. The second-order valence-electron chi connectivity index (χ2n) is 13.2. The van der Waals surface area contributed by atoms with Crippen molar-refractivity contribution in [2.24, 2.45) is 13.0 Å². The number of pyridine rings is 1. The molecule has 5 aromatic heterocycles. The van der Waals surface area contributed by atoms with Crippen LogP contribution in [0.3, 0.4) is 0 Å². The predicted octanol–water partition coefficient (Wildman–Crippen LogP) is 4.46. The van der Waals surface area contributed by atoms with Crippen molar-refractivity contribution < 1.29 is 27.2 Å². The van der Waals surface area contributed by atoms with E-state index in [2.05, 4.69) is 35.8 Å². The Kier molecular flexibility index (Phi) is 8.11. The lowest BCUT2D eigenvalue weighted by molar-refractivity contribution is -0.137. The molecule has 0 spiro atoms. The van der Waals surface area contributed by atoms with Crippen LogP contribution in [-0.2, 0) is 35.8 Å². The van der Waals surface area contributed by atoms with Crippen molar-refractivity contribution in [2.75, 3.05) is 0 Å². The second-order valence-corrected chi connectivity index (χ2v) is 13.2. The summed E-state index contributed by atoms with van der Waals surface area (Å²) in [5.74, 6) is -1.97. The average molecular weight is 689 g/mol. The number of amides is 2. The van der Waals surface area contributed by atoms with Gasteiger partial charge in [0.15, 0.2) is 5.65 Å². The van der Waals surface area contributed by atoms with Crippen molar-refractivity contribution in [3.05, 3.63) is 96.3 Å². The largest absolute Gasteiger partial charge is 0.419 e. The highest BCUT2D eigenvalue weighted by Gasteiger charge is 2.46. The number of carbonyl (C=O) groups excluding carboxylic acids is 2. The van der Waals surface area contributed by atoms with Crippen molar-refractivity contribution in [1.29, 1.82) is 0 Å². The SMILES string of the molecule is Cn1cc2cc(-c3ccc([C@@H]4C[C@H]4C(=O)N[C@H](Cc4cnc5ncccn45)C(=O)NC(C)(C)Cn4cc(C(F)(F)F)cn4)c(F)c3)cnc2n1. The van der Waals surface area contributed by atoms with E-state index in [1.54, 1.807) is 73.0 Å². The van der Waals surface area contributed by atoms with E-state index in [1.165, 1.54) is 6.07 Å². The number of nitrogens with one attached hydrogen (secondary N) is 2. The predicted molar refractivity (Wildman–Crippen MR) is 173 cm³/mol. The van der Waals surface area contributed by atoms with Gasteiger partial charge in [-0.2, -0.15) is 23.4 Å². The minimum Gasteiger partial charge on any atom is -0.348 e. The van der Waals surface area contributed by atoms with Crippen LogP contribution in [0.1, 0.15) is 43.0 Å². The molecule has 1 fully saturated rings. The zero-order chi connectivity index (χ0) is 35.4. The highest BCUT2D eigenvalue weighted by Crippen LogP contribution is 2.49. The van der Waals surface area contributed by atoms with Gasteiger partial charge >= 0.3 is 6.18 Å². The van der Waals surface area contributed by atoms with Crippen LogP contribution in [-0.4, -0.2) is 62.3 Å². The quantitative estimate of drug-likeness (QED) is 0.203. The number of nitrogens with zero attached hydrogens (tertiary/aromatic N) is 8. The molecule has 1 aromatic carbocycles. The Morgan fingerprint density at radius 1 is 1.04 bits per heavy atom. The molecule has 50 heavy (non-hydrogen) atoms. The molecule has 12 nitrogen and oxygen atoms in total. The second kappa shape index (κ2) is 12.3. The first-order chi connectivity index (χ1) is 23.7. The van der Waals surface area contributed by atoms with E-state index in [0.29, 0.717) is 34.7 Å². The van der Waals surface area contributed by atoms with Crippen LogP contribution in [0, 0.1) is 11.7 Å². The van der Waals surface area contributed by atoms with Crippen LogP contribution in [0.4, 0.5) is 17.6 Å². The van der Waals surface area contributed by atoms with Gasteiger partial charge in [0.05, 0.1) is 30.0 Å². The van der Waals surface area contributed by atoms with Crippen LogP contribution in [0.5, 0.6) is 0 Å². The van der Waals surface area contributed by atoms with Crippen LogP contribution in [0.15, 0.2) is 73.7 Å². The summed E-state index contributed by atoms with van der Waals surface area (Å²) >= 11 is 0. The molecule has 2 N–H and O–H groups in total. The fraction of sp³-hybridized carbons (Fsp3) is 0.324. The van der Waals surface area contributed by atoms with Gasteiger partial charge in [-0.1, -0.05) is 12.1 Å². The summed E-state index contributed by atoms with van der Waals surface area (Å²) in [5.41, 5.74) is 0.995. The molecular weight excluding hydrogens is 656 g/mol. The normalized spacial score (nSPS) is 16.9. The van der Waals surface area contributed by atoms with Gasteiger partial charge in [-0.3, -0.25) is 23.4 Å². The molecule has 1 aliphatic carbocycles. The first-order valence-corrected chi connectivity index (χ1v) is 15.8. The standard InChI is InChI=1S/C34H32F4N10O2/c1-33(2,18-47-17-22(14-42-47)34(36,37)38)44-31(50)28(11-23-15-41-32-39-7-4-8-48(23)32)43-30(49)26-12-25(26)24-6-5-19(10-27(24)35)20-9-21-16-46(3)45-29(21)40-13-20/h4-10,13-17,25-26,28H,11-12,18H2,1-3H3,(H,43,49)(H,44,50)/t25-,26+,28+/m0/s1. The van der Waals surface area contributed by atoms with Crippen molar-refractivity contribution in [3.63, 3.8) is 0 Å². The molecule has 258 valence electrons. The molecule has 3 atom stereocenters. The van der Waals surface area contributed by atoms with E-state index in [-0.39, 0.29) is 18.9 Å². The number of halogens is 4. The third-order valence-corrected chi connectivity index (χ3v) is 8.72. The molecule has 0 radical (unpaired) electrons. The number of hydrogen-bond acceptors (Lipinski definition) is 7. The van der Waals surface area contributed by atoms with Crippen molar-refractivity contribution in [1.82, 2.24) is 49.5 Å². The first kappa shape index (κ1) is 32.9. The third kappa shape index (κ3) is 6.77. The molecule has 2 amide bonds. The molecule has 1 saturated carbocycles. The van der Waals surface area contributed by atoms with Crippen LogP contribution >= 0.6 is 0 Å². The van der Waals surface area contributed by atoms with Gasteiger partial charge < -0.3 is 10.6 Å². The van der Waals surface area contributed by atoms with E-state index in [1.807, 2.05) is 12.3 Å². The van der Waals surface area contributed by atoms with Crippen LogP contribution in [0.2, 0.25) is 0 Å². The highest BCUT2D eigenvalue weighted by atomic mass is 19.4. The van der Waals surface area contributed by atoms with Crippen molar-refractivity contribution in [2.45, 2.75) is 56.9 Å². The lowest BCUT2D eigenvalue weighted by Crippen LogP contribution is -2.55. The number of aromatic nitrogens is 8. The minimum atomic E-state index is -4.55. The van der Waals surface area contributed by atoms with Crippen LogP contribution in [0.25, 0.3) is 27.9 Å². The zero-order valence-corrected chi connectivity index (χ0v) is 27.2. The van der Waals surface area contributed by atoms with Gasteiger partial charge in [0, 0.05) is 67.0 Å².